The largest absolute Gasteiger partial charge is 0.478 e. The summed E-state index contributed by atoms with van der Waals surface area (Å²) in [6.07, 6.45) is -9.41. The molecule has 24 heavy (non-hydrogen) atoms. The van der Waals surface area contributed by atoms with Gasteiger partial charge in [0.05, 0.1) is 0 Å². The zero-order valence-electron chi connectivity index (χ0n) is 11.8. The molecule has 4 nitrogen and oxygen atoms in total. The molecular weight excluding hydrogens is 352 g/mol. The van der Waals surface area contributed by atoms with E-state index in [1.165, 1.54) is 18.2 Å². The van der Waals surface area contributed by atoms with Crippen LogP contribution >= 0.6 is 0 Å². The summed E-state index contributed by atoms with van der Waals surface area (Å²) in [5.74, 6) is -0.455. The minimum absolute atomic E-state index is 0.0378. The molecule has 9 heteroatoms. The number of halogens is 4. The van der Waals surface area contributed by atoms with Gasteiger partial charge in [-0.1, -0.05) is 12.1 Å². The molecule has 0 saturated carbocycles. The third-order valence-electron chi connectivity index (χ3n) is 3.33. The highest BCUT2D eigenvalue weighted by atomic mass is 32.2. The van der Waals surface area contributed by atoms with Crippen molar-refractivity contribution in [3.63, 3.8) is 0 Å². The highest BCUT2D eigenvalue weighted by molar-refractivity contribution is 7.91. The molecule has 0 spiro atoms. The molecule has 128 valence electrons. The highest BCUT2D eigenvalue weighted by Crippen LogP contribution is 2.43. The number of hydrogen-bond donors (Lipinski definition) is 0. The third kappa shape index (κ3) is 2.79. The number of ether oxygens (including phenoxy) is 2. The van der Waals surface area contributed by atoms with Crippen molar-refractivity contribution in [1.29, 1.82) is 0 Å². The Hall–Kier alpha value is -2.29. The van der Waals surface area contributed by atoms with Crippen molar-refractivity contribution in [2.24, 2.45) is 0 Å². The van der Waals surface area contributed by atoms with Crippen LogP contribution in [0.2, 0.25) is 0 Å². The highest BCUT2D eigenvalue weighted by Gasteiger charge is 2.34. The normalized spacial score (nSPS) is 15.1. The summed E-state index contributed by atoms with van der Waals surface area (Å²) in [6, 6.07) is 8.98. The van der Waals surface area contributed by atoms with Gasteiger partial charge in [0, 0.05) is 6.07 Å². The van der Waals surface area contributed by atoms with Crippen LogP contribution in [0, 0.1) is 0 Å². The van der Waals surface area contributed by atoms with Crippen molar-refractivity contribution in [3.05, 3.63) is 42.5 Å². The Kier molecular flexibility index (Phi) is 4.12. The van der Waals surface area contributed by atoms with Crippen LogP contribution in [0.15, 0.2) is 52.3 Å². The van der Waals surface area contributed by atoms with Gasteiger partial charge in [-0.15, -0.1) is 0 Å². The molecule has 0 unspecified atom stereocenters. The van der Waals surface area contributed by atoms with Crippen LogP contribution in [0.1, 0.15) is 0 Å². The van der Waals surface area contributed by atoms with Crippen LogP contribution in [-0.2, 0) is 9.84 Å². The summed E-state index contributed by atoms with van der Waals surface area (Å²) in [5, 5.41) is 0. The molecule has 3 rings (SSSR count). The molecule has 0 N–H and O–H groups in total. The lowest BCUT2D eigenvalue weighted by molar-refractivity contribution is -0.0764. The van der Waals surface area contributed by atoms with Gasteiger partial charge in [0.25, 0.3) is 12.9 Å². The summed E-state index contributed by atoms with van der Waals surface area (Å²) in [7, 11) is -3.86. The Bertz CT molecular complexity index is 860. The molecule has 1 aliphatic rings. The maximum atomic E-state index is 12.6. The average Bonchev–Trinajstić information content (AvgIpc) is 2.52. The lowest BCUT2D eigenvalue weighted by atomic mass is 10.3. The fourth-order valence-corrected chi connectivity index (χ4v) is 3.71. The second kappa shape index (κ2) is 5.97. The first-order valence-corrected chi connectivity index (χ1v) is 8.18. The van der Waals surface area contributed by atoms with Gasteiger partial charge in [-0.3, -0.25) is 0 Å². The van der Waals surface area contributed by atoms with Crippen LogP contribution in [0.4, 0.5) is 17.6 Å². The van der Waals surface area contributed by atoms with Crippen LogP contribution in [0.5, 0.6) is 17.2 Å². The Morgan fingerprint density at radius 3 is 2.17 bits per heavy atom. The monoisotopic (exact) mass is 362 g/mol. The van der Waals surface area contributed by atoms with Crippen molar-refractivity contribution >= 4 is 9.84 Å². The molecule has 1 heterocycles. The fraction of sp³-hybridized carbons (Fsp3) is 0.200. The second-order valence-corrected chi connectivity index (χ2v) is 6.80. The average molecular weight is 362 g/mol. The van der Waals surface area contributed by atoms with E-state index in [0.717, 1.165) is 18.2 Å². The summed E-state index contributed by atoms with van der Waals surface area (Å²) < 4.78 is 85.2. The van der Waals surface area contributed by atoms with Gasteiger partial charge < -0.3 is 9.47 Å². The standard InChI is InChI=1S/C15H10F4O4S/c16-14(17)13(15(18)19)22-8-5-6-12-10(7-8)23-9-3-1-2-4-11(9)24(12,20)21/h1-7,13-15H. The molecule has 2 aromatic rings. The van der Waals surface area contributed by atoms with Crippen molar-refractivity contribution in [1.82, 2.24) is 0 Å². The molecule has 0 aromatic heterocycles. The van der Waals surface area contributed by atoms with Crippen molar-refractivity contribution in [3.8, 4) is 17.2 Å². The number of rotatable bonds is 4. The quantitative estimate of drug-likeness (QED) is 0.661. The van der Waals surface area contributed by atoms with Crippen molar-refractivity contribution in [2.45, 2.75) is 28.7 Å². The summed E-state index contributed by atoms with van der Waals surface area (Å²) in [6.45, 7) is 0. The Balaban J connectivity index is 1.99. The summed E-state index contributed by atoms with van der Waals surface area (Å²) >= 11 is 0. The summed E-state index contributed by atoms with van der Waals surface area (Å²) in [4.78, 5) is -0.233. The minimum atomic E-state index is -3.86. The van der Waals surface area contributed by atoms with E-state index in [2.05, 4.69) is 4.74 Å². The molecule has 0 aliphatic carbocycles. The number of sulfone groups is 1. The molecule has 0 amide bonds. The zero-order valence-corrected chi connectivity index (χ0v) is 12.6. The molecule has 0 radical (unpaired) electrons. The van der Waals surface area contributed by atoms with E-state index < -0.39 is 28.8 Å². The smallest absolute Gasteiger partial charge is 0.280 e. The number of fused-ring (bicyclic) bond motifs is 2. The number of benzene rings is 2. The van der Waals surface area contributed by atoms with Gasteiger partial charge in [0.2, 0.25) is 15.9 Å². The van der Waals surface area contributed by atoms with E-state index in [4.69, 9.17) is 4.74 Å². The summed E-state index contributed by atoms with van der Waals surface area (Å²) in [5.41, 5.74) is 0. The van der Waals surface area contributed by atoms with E-state index in [1.54, 1.807) is 6.07 Å². The molecule has 0 bridgehead atoms. The van der Waals surface area contributed by atoms with Crippen molar-refractivity contribution < 1.29 is 35.5 Å². The Labute approximate surface area is 134 Å². The van der Waals surface area contributed by atoms with E-state index in [-0.39, 0.29) is 27.0 Å². The van der Waals surface area contributed by atoms with E-state index in [9.17, 15) is 26.0 Å². The first-order chi connectivity index (χ1) is 11.3. The lowest BCUT2D eigenvalue weighted by Crippen LogP contribution is -2.33. The SMILES string of the molecule is O=S1(=O)c2ccccc2Oc2cc(OC(C(F)F)C(F)F)ccc21. The van der Waals surface area contributed by atoms with Crippen LogP contribution in [0.3, 0.4) is 0 Å². The molecular formula is C15H10F4O4S. The van der Waals surface area contributed by atoms with Crippen molar-refractivity contribution in [2.75, 3.05) is 0 Å². The fourth-order valence-electron chi connectivity index (χ4n) is 2.23. The van der Waals surface area contributed by atoms with Gasteiger partial charge in [-0.25, -0.2) is 26.0 Å². The predicted octanol–water partition coefficient (Wildman–Crippen LogP) is 3.90. The molecule has 0 atom stereocenters. The third-order valence-corrected chi connectivity index (χ3v) is 5.16. The van der Waals surface area contributed by atoms with Gasteiger partial charge in [0.15, 0.2) is 0 Å². The number of hydrogen-bond acceptors (Lipinski definition) is 4. The van der Waals surface area contributed by atoms with Crippen LogP contribution in [0.25, 0.3) is 0 Å². The number of para-hydroxylation sites is 1. The Morgan fingerprint density at radius 1 is 0.875 bits per heavy atom. The molecule has 2 aromatic carbocycles. The predicted molar refractivity (Wildman–Crippen MR) is 74.8 cm³/mol. The zero-order chi connectivity index (χ0) is 17.5. The molecule has 0 saturated heterocycles. The first-order valence-electron chi connectivity index (χ1n) is 6.69. The van der Waals surface area contributed by atoms with Gasteiger partial charge >= 0.3 is 0 Å². The second-order valence-electron chi connectivity index (χ2n) is 4.91. The molecule has 1 aliphatic heterocycles. The minimum Gasteiger partial charge on any atom is -0.478 e. The van der Waals surface area contributed by atoms with Gasteiger partial charge in [0.1, 0.15) is 27.0 Å². The molecule has 0 fully saturated rings. The number of alkyl halides is 4. The topological polar surface area (TPSA) is 52.6 Å². The van der Waals surface area contributed by atoms with Crippen LogP contribution < -0.4 is 9.47 Å². The first kappa shape index (κ1) is 16.6. The van der Waals surface area contributed by atoms with E-state index >= 15 is 0 Å². The van der Waals surface area contributed by atoms with E-state index in [1.807, 2.05) is 0 Å². The maximum Gasteiger partial charge on any atom is 0.280 e. The van der Waals surface area contributed by atoms with E-state index in [0.29, 0.717) is 0 Å². The van der Waals surface area contributed by atoms with Gasteiger partial charge in [-0.2, -0.15) is 0 Å². The van der Waals surface area contributed by atoms with Gasteiger partial charge in [-0.05, 0) is 24.3 Å². The maximum absolute atomic E-state index is 12.6. The Morgan fingerprint density at radius 2 is 1.50 bits per heavy atom. The van der Waals surface area contributed by atoms with Crippen LogP contribution in [-0.4, -0.2) is 27.4 Å². The lowest BCUT2D eigenvalue weighted by Gasteiger charge is -2.22.